The van der Waals surface area contributed by atoms with Gasteiger partial charge in [0.15, 0.2) is 0 Å². The van der Waals surface area contributed by atoms with Gasteiger partial charge in [0.05, 0.1) is 0 Å². The summed E-state index contributed by atoms with van der Waals surface area (Å²) in [6.07, 6.45) is 4.41. The summed E-state index contributed by atoms with van der Waals surface area (Å²) in [6, 6.07) is 39.6. The molecule has 0 saturated carbocycles. The van der Waals surface area contributed by atoms with Crippen LogP contribution < -0.4 is 0 Å². The molecule has 6 rings (SSSR count). The summed E-state index contributed by atoms with van der Waals surface area (Å²) < 4.78 is 0. The molecule has 0 aromatic heterocycles. The summed E-state index contributed by atoms with van der Waals surface area (Å²) in [5, 5.41) is 10.3. The predicted octanol–water partition coefficient (Wildman–Crippen LogP) is 8.47. The molecule has 140 valence electrons. The van der Waals surface area contributed by atoms with Crippen molar-refractivity contribution in [2.75, 3.05) is 0 Å². The fourth-order valence-corrected chi connectivity index (χ4v) is 4.32. The van der Waals surface area contributed by atoms with Gasteiger partial charge in [-0.05, 0) is 90.6 Å². The number of benzene rings is 6. The minimum Gasteiger partial charge on any atom is -0.0616 e. The third kappa shape index (κ3) is 3.03. The van der Waals surface area contributed by atoms with Crippen LogP contribution in [0.1, 0.15) is 11.1 Å². The van der Waals surface area contributed by atoms with E-state index in [0.717, 1.165) is 0 Å². The van der Waals surface area contributed by atoms with Gasteiger partial charge in [-0.3, -0.25) is 0 Å². The smallest absolute Gasteiger partial charge is 0.0172 e. The average molecular weight is 380 g/mol. The Bertz CT molecular complexity index is 1460. The summed E-state index contributed by atoms with van der Waals surface area (Å²) in [7, 11) is 0. The molecule has 0 atom stereocenters. The van der Waals surface area contributed by atoms with Gasteiger partial charge in [-0.1, -0.05) is 84.9 Å². The van der Waals surface area contributed by atoms with Crippen molar-refractivity contribution in [2.45, 2.75) is 0 Å². The molecule has 0 aliphatic rings. The third-order valence-corrected chi connectivity index (χ3v) is 5.93. The molecule has 0 amide bonds. The summed E-state index contributed by atoms with van der Waals surface area (Å²) in [6.45, 7) is 0. The minimum absolute atomic E-state index is 1.22. The lowest BCUT2D eigenvalue weighted by atomic mass is 10.00. The second kappa shape index (κ2) is 6.86. The van der Waals surface area contributed by atoms with E-state index in [1.807, 2.05) is 0 Å². The molecule has 0 aliphatic carbocycles. The van der Waals surface area contributed by atoms with E-state index in [1.54, 1.807) is 0 Å². The first-order valence-corrected chi connectivity index (χ1v) is 10.4. The topological polar surface area (TPSA) is 0 Å². The van der Waals surface area contributed by atoms with Crippen LogP contribution in [0.15, 0.2) is 109 Å². The van der Waals surface area contributed by atoms with Gasteiger partial charge in [0.2, 0.25) is 0 Å². The van der Waals surface area contributed by atoms with Crippen LogP contribution in [0.5, 0.6) is 0 Å². The van der Waals surface area contributed by atoms with E-state index in [1.165, 1.54) is 54.2 Å². The summed E-state index contributed by atoms with van der Waals surface area (Å²) in [4.78, 5) is 0. The molecule has 0 heterocycles. The highest BCUT2D eigenvalue weighted by Gasteiger charge is 2.00. The summed E-state index contributed by atoms with van der Waals surface area (Å²) in [5.41, 5.74) is 2.44. The molecule has 0 aliphatic heterocycles. The van der Waals surface area contributed by atoms with Crippen LogP contribution >= 0.6 is 0 Å². The van der Waals surface area contributed by atoms with Crippen molar-refractivity contribution >= 4 is 55.2 Å². The van der Waals surface area contributed by atoms with Gasteiger partial charge >= 0.3 is 0 Å². The lowest BCUT2D eigenvalue weighted by Gasteiger charge is -2.05. The first-order chi connectivity index (χ1) is 14.8. The van der Waals surface area contributed by atoms with E-state index < -0.39 is 0 Å². The number of fused-ring (bicyclic) bond motifs is 4. The molecule has 0 nitrogen and oxygen atoms in total. The lowest BCUT2D eigenvalue weighted by molar-refractivity contribution is 1.71. The molecule has 0 bridgehead atoms. The second-order valence-corrected chi connectivity index (χ2v) is 7.95. The quantitative estimate of drug-likeness (QED) is 0.209. The van der Waals surface area contributed by atoms with Crippen LogP contribution in [0.25, 0.3) is 55.2 Å². The maximum absolute atomic E-state index is 2.28. The standard InChI is InChI=1S/C30H20/c1-3-7-25-19-29-15-21(11-13-27(29)17-23(25)5-1)9-10-22-12-14-28-18-24-6-2-4-8-26(24)20-30(28)16-22/h1-20H. The molecule has 0 spiro atoms. The first-order valence-electron chi connectivity index (χ1n) is 10.4. The third-order valence-electron chi connectivity index (χ3n) is 5.93. The van der Waals surface area contributed by atoms with Crippen LogP contribution in [0.4, 0.5) is 0 Å². The van der Waals surface area contributed by atoms with E-state index in [9.17, 15) is 0 Å². The van der Waals surface area contributed by atoms with Crippen LogP contribution in [0, 0.1) is 0 Å². The highest BCUT2D eigenvalue weighted by Crippen LogP contribution is 2.26. The van der Waals surface area contributed by atoms with Gasteiger partial charge in [0, 0.05) is 0 Å². The van der Waals surface area contributed by atoms with E-state index in [0.29, 0.717) is 0 Å². The summed E-state index contributed by atoms with van der Waals surface area (Å²) >= 11 is 0. The first kappa shape index (κ1) is 17.0. The van der Waals surface area contributed by atoms with Gasteiger partial charge in [-0.2, -0.15) is 0 Å². The Morgan fingerprint density at radius 3 is 1.03 bits per heavy atom. The van der Waals surface area contributed by atoms with Crippen LogP contribution in [-0.4, -0.2) is 0 Å². The molecular weight excluding hydrogens is 360 g/mol. The Hall–Kier alpha value is -3.90. The summed E-state index contributed by atoms with van der Waals surface area (Å²) in [5.74, 6) is 0. The van der Waals surface area contributed by atoms with E-state index in [4.69, 9.17) is 0 Å². The Morgan fingerprint density at radius 1 is 0.300 bits per heavy atom. The van der Waals surface area contributed by atoms with Crippen LogP contribution in [0.2, 0.25) is 0 Å². The average Bonchev–Trinajstić information content (AvgIpc) is 2.79. The Labute approximate surface area is 175 Å². The van der Waals surface area contributed by atoms with Crippen molar-refractivity contribution in [3.63, 3.8) is 0 Å². The number of hydrogen-bond acceptors (Lipinski definition) is 0. The van der Waals surface area contributed by atoms with E-state index in [2.05, 4.69) is 121 Å². The van der Waals surface area contributed by atoms with Gasteiger partial charge in [0.25, 0.3) is 0 Å². The number of hydrogen-bond donors (Lipinski definition) is 0. The largest absolute Gasteiger partial charge is 0.0616 e. The van der Waals surface area contributed by atoms with Crippen molar-refractivity contribution < 1.29 is 0 Å². The number of rotatable bonds is 2. The highest BCUT2D eigenvalue weighted by atomic mass is 14.0. The van der Waals surface area contributed by atoms with Crippen molar-refractivity contribution in [2.24, 2.45) is 0 Å². The fraction of sp³-hybridized carbons (Fsp3) is 0. The van der Waals surface area contributed by atoms with Gasteiger partial charge in [0.1, 0.15) is 0 Å². The van der Waals surface area contributed by atoms with Gasteiger partial charge < -0.3 is 0 Å². The molecule has 0 unspecified atom stereocenters. The Morgan fingerprint density at radius 2 is 0.633 bits per heavy atom. The van der Waals surface area contributed by atoms with Crippen molar-refractivity contribution in [1.82, 2.24) is 0 Å². The normalized spacial score (nSPS) is 11.9. The van der Waals surface area contributed by atoms with Crippen molar-refractivity contribution in [3.8, 4) is 0 Å². The molecule has 0 fully saturated rings. The zero-order chi connectivity index (χ0) is 19.9. The van der Waals surface area contributed by atoms with Crippen LogP contribution in [-0.2, 0) is 0 Å². The Kier molecular flexibility index (Phi) is 3.89. The van der Waals surface area contributed by atoms with Crippen molar-refractivity contribution in [3.05, 3.63) is 120 Å². The van der Waals surface area contributed by atoms with E-state index in [-0.39, 0.29) is 0 Å². The minimum atomic E-state index is 1.22. The molecule has 30 heavy (non-hydrogen) atoms. The molecule has 0 radical (unpaired) electrons. The van der Waals surface area contributed by atoms with E-state index >= 15 is 0 Å². The Balaban J connectivity index is 1.38. The maximum Gasteiger partial charge on any atom is -0.0172 e. The molecular formula is C30H20. The fourth-order valence-electron chi connectivity index (χ4n) is 4.32. The molecule has 6 aromatic rings. The molecule has 0 saturated heterocycles. The monoisotopic (exact) mass is 380 g/mol. The van der Waals surface area contributed by atoms with Crippen LogP contribution in [0.3, 0.4) is 0 Å². The predicted molar refractivity (Wildman–Crippen MR) is 132 cm³/mol. The molecule has 6 aromatic carbocycles. The second-order valence-electron chi connectivity index (χ2n) is 7.95. The molecule has 0 N–H and O–H groups in total. The van der Waals surface area contributed by atoms with Gasteiger partial charge in [-0.25, -0.2) is 0 Å². The van der Waals surface area contributed by atoms with Crippen molar-refractivity contribution in [1.29, 1.82) is 0 Å². The lowest BCUT2D eigenvalue weighted by Crippen LogP contribution is -1.80. The zero-order valence-electron chi connectivity index (χ0n) is 16.5. The highest BCUT2D eigenvalue weighted by molar-refractivity contribution is 6.00. The molecule has 0 heteroatoms. The maximum atomic E-state index is 2.28. The zero-order valence-corrected chi connectivity index (χ0v) is 16.5. The SMILES string of the molecule is C(=Cc1ccc2cc3ccccc3cc2c1)c1ccc2cc3ccccc3cc2c1. The van der Waals surface area contributed by atoms with Gasteiger partial charge in [-0.15, -0.1) is 0 Å².